The molecule has 1 aromatic heterocycles. The number of aliphatic imine (C=N–C) groups is 1. The number of hydrogen-bond acceptors (Lipinski definition) is 4. The standard InChI is InChI=1S/C14H23N5O2.HI/c1-5-15-14(18-10-12(20)19(2)3)17-9-11-7-6-8-16-13(11)21-4;/h6-8H,5,9-10H2,1-4H3,(H2,15,17,18);1H. The minimum absolute atomic E-state index is 0. The number of nitrogens with one attached hydrogen (secondary N) is 2. The van der Waals surface area contributed by atoms with Gasteiger partial charge in [-0.1, -0.05) is 6.07 Å². The zero-order valence-electron chi connectivity index (χ0n) is 13.4. The summed E-state index contributed by atoms with van der Waals surface area (Å²) in [5.74, 6) is 1.12. The zero-order valence-corrected chi connectivity index (χ0v) is 15.8. The molecular formula is C14H24IN5O2. The molecule has 8 heteroatoms. The molecule has 0 aliphatic carbocycles. The number of likely N-dealkylation sites (N-methyl/N-ethyl adjacent to an activating group) is 1. The smallest absolute Gasteiger partial charge is 0.241 e. The lowest BCUT2D eigenvalue weighted by Gasteiger charge is -2.14. The fourth-order valence-corrected chi connectivity index (χ4v) is 1.55. The number of amides is 1. The van der Waals surface area contributed by atoms with Crippen LogP contribution in [-0.2, 0) is 11.3 Å². The van der Waals surface area contributed by atoms with Crippen LogP contribution in [0.3, 0.4) is 0 Å². The monoisotopic (exact) mass is 421 g/mol. The van der Waals surface area contributed by atoms with Gasteiger partial charge in [0.25, 0.3) is 0 Å². The van der Waals surface area contributed by atoms with Crippen LogP contribution in [0.5, 0.6) is 5.88 Å². The molecule has 2 N–H and O–H groups in total. The molecule has 7 nitrogen and oxygen atoms in total. The third-order valence-electron chi connectivity index (χ3n) is 2.70. The molecule has 1 aromatic rings. The maximum absolute atomic E-state index is 11.6. The Bertz CT molecular complexity index is 494. The molecule has 0 bridgehead atoms. The van der Waals surface area contributed by atoms with Crippen LogP contribution in [0.4, 0.5) is 0 Å². The quantitative estimate of drug-likeness (QED) is 0.405. The van der Waals surface area contributed by atoms with Gasteiger partial charge in [-0.15, -0.1) is 24.0 Å². The highest BCUT2D eigenvalue weighted by atomic mass is 127. The number of halogens is 1. The van der Waals surface area contributed by atoms with Crippen molar-refractivity contribution >= 4 is 35.8 Å². The van der Waals surface area contributed by atoms with Crippen molar-refractivity contribution in [2.24, 2.45) is 4.99 Å². The van der Waals surface area contributed by atoms with Gasteiger partial charge in [0.05, 0.1) is 20.2 Å². The summed E-state index contributed by atoms with van der Waals surface area (Å²) in [7, 11) is 5.01. The molecule has 0 aliphatic heterocycles. The van der Waals surface area contributed by atoms with Gasteiger partial charge in [0.15, 0.2) is 5.96 Å². The van der Waals surface area contributed by atoms with Crippen LogP contribution in [0.1, 0.15) is 12.5 Å². The van der Waals surface area contributed by atoms with E-state index in [1.54, 1.807) is 27.4 Å². The molecule has 0 saturated carbocycles. The van der Waals surface area contributed by atoms with Crippen LogP contribution >= 0.6 is 24.0 Å². The lowest BCUT2D eigenvalue weighted by Crippen LogP contribution is -2.42. The van der Waals surface area contributed by atoms with E-state index in [0.717, 1.165) is 5.56 Å². The minimum atomic E-state index is -0.0143. The molecule has 0 fully saturated rings. The van der Waals surface area contributed by atoms with E-state index in [0.29, 0.717) is 24.9 Å². The summed E-state index contributed by atoms with van der Waals surface area (Å²) in [6, 6.07) is 3.74. The molecule has 0 aromatic carbocycles. The topological polar surface area (TPSA) is 78.9 Å². The van der Waals surface area contributed by atoms with E-state index in [4.69, 9.17) is 4.74 Å². The number of methoxy groups -OCH3 is 1. The zero-order chi connectivity index (χ0) is 15.7. The molecule has 22 heavy (non-hydrogen) atoms. The molecular weight excluding hydrogens is 397 g/mol. The van der Waals surface area contributed by atoms with E-state index in [-0.39, 0.29) is 36.4 Å². The molecule has 0 unspecified atom stereocenters. The highest BCUT2D eigenvalue weighted by Crippen LogP contribution is 2.14. The molecule has 1 rings (SSSR count). The number of carbonyl (C=O) groups is 1. The average Bonchev–Trinajstić information content (AvgIpc) is 2.49. The average molecular weight is 421 g/mol. The molecule has 1 heterocycles. The van der Waals surface area contributed by atoms with Crippen LogP contribution in [-0.4, -0.2) is 56.0 Å². The molecule has 0 aliphatic rings. The number of rotatable bonds is 6. The normalized spacial score (nSPS) is 10.5. The third kappa shape index (κ3) is 6.92. The van der Waals surface area contributed by atoms with Gasteiger partial charge in [-0.3, -0.25) is 4.79 Å². The van der Waals surface area contributed by atoms with E-state index < -0.39 is 0 Å². The Kier molecular flexibility index (Phi) is 10.3. The Morgan fingerprint density at radius 3 is 2.73 bits per heavy atom. The Morgan fingerprint density at radius 2 is 2.14 bits per heavy atom. The number of hydrogen-bond donors (Lipinski definition) is 2. The minimum Gasteiger partial charge on any atom is -0.481 e. The van der Waals surface area contributed by atoms with Gasteiger partial charge >= 0.3 is 0 Å². The highest BCUT2D eigenvalue weighted by Gasteiger charge is 2.06. The summed E-state index contributed by atoms with van der Waals surface area (Å²) in [6.45, 7) is 3.30. The Morgan fingerprint density at radius 1 is 1.41 bits per heavy atom. The second kappa shape index (κ2) is 11.0. The fraction of sp³-hybridized carbons (Fsp3) is 0.500. The van der Waals surface area contributed by atoms with Crippen LogP contribution in [0.25, 0.3) is 0 Å². The number of ether oxygens (including phenoxy) is 1. The van der Waals surface area contributed by atoms with E-state index in [2.05, 4.69) is 20.6 Å². The first-order chi connectivity index (χ1) is 10.1. The van der Waals surface area contributed by atoms with E-state index in [1.807, 2.05) is 19.1 Å². The van der Waals surface area contributed by atoms with Crippen LogP contribution in [0.2, 0.25) is 0 Å². The van der Waals surface area contributed by atoms with Crippen LogP contribution < -0.4 is 15.4 Å². The molecule has 1 amide bonds. The summed E-state index contributed by atoms with van der Waals surface area (Å²) in [5.41, 5.74) is 0.885. The Hall–Kier alpha value is -1.58. The predicted molar refractivity (Wildman–Crippen MR) is 97.7 cm³/mol. The van der Waals surface area contributed by atoms with Crippen molar-refractivity contribution < 1.29 is 9.53 Å². The fourth-order valence-electron chi connectivity index (χ4n) is 1.55. The van der Waals surface area contributed by atoms with Gasteiger partial charge in [-0.2, -0.15) is 0 Å². The SMILES string of the molecule is CCNC(=NCc1cccnc1OC)NCC(=O)N(C)C.I. The summed E-state index contributed by atoms with van der Waals surface area (Å²) in [6.07, 6.45) is 1.67. The van der Waals surface area contributed by atoms with Crippen LogP contribution in [0.15, 0.2) is 23.3 Å². The Labute approximate surface area is 148 Å². The van der Waals surface area contributed by atoms with E-state index >= 15 is 0 Å². The first kappa shape index (κ1) is 20.4. The second-order valence-electron chi connectivity index (χ2n) is 4.51. The molecule has 124 valence electrons. The number of nitrogens with zero attached hydrogens (tertiary/aromatic N) is 3. The molecule has 0 atom stereocenters. The third-order valence-corrected chi connectivity index (χ3v) is 2.70. The van der Waals surface area contributed by atoms with Crippen molar-refractivity contribution in [3.8, 4) is 5.88 Å². The molecule has 0 radical (unpaired) electrons. The molecule has 0 saturated heterocycles. The summed E-state index contributed by atoms with van der Waals surface area (Å²) >= 11 is 0. The van der Waals surface area contributed by atoms with Gasteiger partial charge in [-0.05, 0) is 13.0 Å². The largest absolute Gasteiger partial charge is 0.481 e. The molecule has 0 spiro atoms. The van der Waals surface area contributed by atoms with Crippen molar-refractivity contribution in [1.82, 2.24) is 20.5 Å². The van der Waals surface area contributed by atoms with Gasteiger partial charge in [0, 0.05) is 32.4 Å². The van der Waals surface area contributed by atoms with Gasteiger partial charge < -0.3 is 20.3 Å². The number of pyridine rings is 1. The first-order valence-corrected chi connectivity index (χ1v) is 6.78. The van der Waals surface area contributed by atoms with Gasteiger partial charge in [0.1, 0.15) is 0 Å². The highest BCUT2D eigenvalue weighted by molar-refractivity contribution is 14.0. The predicted octanol–water partition coefficient (Wildman–Crippen LogP) is 0.851. The van der Waals surface area contributed by atoms with Gasteiger partial charge in [-0.25, -0.2) is 9.98 Å². The first-order valence-electron chi connectivity index (χ1n) is 6.78. The summed E-state index contributed by atoms with van der Waals surface area (Å²) < 4.78 is 5.19. The maximum atomic E-state index is 11.6. The second-order valence-corrected chi connectivity index (χ2v) is 4.51. The maximum Gasteiger partial charge on any atom is 0.241 e. The number of aromatic nitrogens is 1. The van der Waals surface area contributed by atoms with Gasteiger partial charge in [0.2, 0.25) is 11.8 Å². The number of guanidine groups is 1. The lowest BCUT2D eigenvalue weighted by molar-refractivity contribution is -0.127. The van der Waals surface area contributed by atoms with E-state index in [9.17, 15) is 4.79 Å². The van der Waals surface area contributed by atoms with Crippen LogP contribution in [0, 0.1) is 0 Å². The summed E-state index contributed by atoms with van der Waals surface area (Å²) in [5, 5.41) is 6.09. The Balaban J connectivity index is 0.00000441. The van der Waals surface area contributed by atoms with Crippen molar-refractivity contribution in [1.29, 1.82) is 0 Å². The van der Waals surface area contributed by atoms with Crippen molar-refractivity contribution in [2.75, 3.05) is 34.3 Å². The van der Waals surface area contributed by atoms with Crippen molar-refractivity contribution in [3.63, 3.8) is 0 Å². The van der Waals surface area contributed by atoms with E-state index in [1.165, 1.54) is 4.90 Å². The summed E-state index contributed by atoms with van der Waals surface area (Å²) in [4.78, 5) is 21.7. The van der Waals surface area contributed by atoms with Crippen molar-refractivity contribution in [2.45, 2.75) is 13.5 Å². The number of carbonyl (C=O) groups excluding carboxylic acids is 1. The lowest BCUT2D eigenvalue weighted by atomic mass is 10.3. The van der Waals surface area contributed by atoms with Crippen molar-refractivity contribution in [3.05, 3.63) is 23.9 Å².